The van der Waals surface area contributed by atoms with Gasteiger partial charge in [0.05, 0.1) is 24.2 Å². The van der Waals surface area contributed by atoms with Gasteiger partial charge in [0.1, 0.15) is 23.0 Å². The summed E-state index contributed by atoms with van der Waals surface area (Å²) < 4.78 is 0. The molecule has 0 spiro atoms. The monoisotopic (exact) mass is 967 g/mol. The summed E-state index contributed by atoms with van der Waals surface area (Å²) in [5, 5.41) is 51.5. The highest BCUT2D eigenvalue weighted by molar-refractivity contribution is 6.14. The number of hydrogen-bond acceptors (Lipinski definition) is 8. The fourth-order valence-corrected chi connectivity index (χ4v) is 10.5. The predicted octanol–water partition coefficient (Wildman–Crippen LogP) is 15.4. The molecule has 0 aromatic heterocycles. The molecule has 0 aliphatic heterocycles. The average Bonchev–Trinajstić information content (AvgIpc) is 3.31. The largest absolute Gasteiger partial charge is 0.507 e. The zero-order valence-corrected chi connectivity index (χ0v) is 44.9. The molecule has 8 rings (SSSR count). The van der Waals surface area contributed by atoms with E-state index in [0.29, 0.717) is 22.3 Å². The van der Waals surface area contributed by atoms with Crippen molar-refractivity contribution in [2.45, 2.75) is 180 Å². The Morgan fingerprint density at radius 1 is 0.375 bits per heavy atom. The van der Waals surface area contributed by atoms with Crippen LogP contribution in [0, 0.1) is 0 Å². The highest BCUT2D eigenvalue weighted by atomic mass is 16.3. The van der Waals surface area contributed by atoms with Gasteiger partial charge in [0.15, 0.2) is 0 Å². The molecule has 0 radical (unpaired) electrons. The van der Waals surface area contributed by atoms with Crippen LogP contribution in [-0.2, 0) is 21.7 Å². The predicted molar refractivity (Wildman–Crippen MR) is 304 cm³/mol. The topological polar surface area (TPSA) is 130 Å². The summed E-state index contributed by atoms with van der Waals surface area (Å²) in [5.41, 5.74) is 7.03. The molecular weight excluding hydrogens is 889 g/mol. The maximum absolute atomic E-state index is 12.5. The van der Waals surface area contributed by atoms with Crippen molar-refractivity contribution in [3.05, 3.63) is 129 Å². The third-order valence-electron chi connectivity index (χ3n) is 15.0. The Bertz CT molecular complexity index is 2890. The van der Waals surface area contributed by atoms with Crippen LogP contribution in [0.4, 0.5) is 0 Å². The van der Waals surface area contributed by atoms with Gasteiger partial charge in [-0.1, -0.05) is 169 Å². The fourth-order valence-electron chi connectivity index (χ4n) is 10.5. The maximum Gasteiger partial charge on any atom is 0.132 e. The van der Waals surface area contributed by atoms with Gasteiger partial charge < -0.3 is 20.4 Å². The van der Waals surface area contributed by atoms with E-state index in [9.17, 15) is 20.4 Å². The van der Waals surface area contributed by atoms with Crippen LogP contribution in [0.5, 0.6) is 23.0 Å². The molecule has 6 aromatic rings. The second-order valence-corrected chi connectivity index (χ2v) is 24.7. The molecule has 6 aromatic carbocycles. The molecule has 2 saturated carbocycles. The van der Waals surface area contributed by atoms with E-state index in [4.69, 9.17) is 20.0 Å². The fraction of sp³-hybridized carbons (Fsp3) is 0.438. The first-order chi connectivity index (χ1) is 33.9. The van der Waals surface area contributed by atoms with E-state index in [1.54, 1.807) is 12.4 Å². The first kappa shape index (κ1) is 52.1. The molecule has 8 nitrogen and oxygen atoms in total. The standard InChI is InChI=1S/C64H78N4O4/c1-61(2,3)45-31-43(57(69)49(33-45)63(7,8)9)37-67-53-27-19-17-25-51(53)65-35-41-29-39-21-13-15-23-47(39)55(59(41)71)56-48-24-16-14-22-40(48)30-42(60(56)72)36-66-52-26-18-20-28-54(52)68-38-44-32-46(62(4,5)6)34-50(58(44)70)64(10,11)12/h13-16,21-24,29-38,51-54,69-72H,17-20,25-28H2,1-12H3/t51-,52-,53-,54-/m1/s1. The molecule has 4 atom stereocenters. The van der Waals surface area contributed by atoms with E-state index < -0.39 is 0 Å². The zero-order valence-electron chi connectivity index (χ0n) is 44.9. The summed E-state index contributed by atoms with van der Waals surface area (Å²) in [5.74, 6) is 0.618. The van der Waals surface area contributed by atoms with Crippen molar-refractivity contribution in [1.29, 1.82) is 0 Å². The third kappa shape index (κ3) is 11.2. The van der Waals surface area contributed by atoms with E-state index >= 15 is 0 Å². The van der Waals surface area contributed by atoms with Crippen molar-refractivity contribution in [2.24, 2.45) is 20.0 Å². The number of aromatic hydroxyl groups is 4. The second-order valence-electron chi connectivity index (χ2n) is 24.7. The van der Waals surface area contributed by atoms with Crippen molar-refractivity contribution < 1.29 is 20.4 Å². The number of phenolic OH excluding ortho intramolecular Hbond substituents is 4. The van der Waals surface area contributed by atoms with Gasteiger partial charge in [-0.05, 0) is 104 Å². The summed E-state index contributed by atoms with van der Waals surface area (Å²) in [7, 11) is 0. The van der Waals surface area contributed by atoms with Gasteiger partial charge in [-0.25, -0.2) is 0 Å². The summed E-state index contributed by atoms with van der Waals surface area (Å²) in [6, 6.07) is 27.8. The van der Waals surface area contributed by atoms with Crippen molar-refractivity contribution in [2.75, 3.05) is 0 Å². The third-order valence-corrected chi connectivity index (χ3v) is 15.0. The number of fused-ring (bicyclic) bond motifs is 2. The molecule has 0 unspecified atom stereocenters. The molecule has 0 saturated heterocycles. The minimum atomic E-state index is -0.247. The van der Waals surface area contributed by atoms with Crippen LogP contribution in [-0.4, -0.2) is 69.5 Å². The molecule has 4 N–H and O–H groups in total. The van der Waals surface area contributed by atoms with Gasteiger partial charge >= 0.3 is 0 Å². The number of phenols is 4. The van der Waals surface area contributed by atoms with Crippen LogP contribution in [0.2, 0.25) is 0 Å². The maximum atomic E-state index is 12.5. The Balaban J connectivity index is 1.15. The van der Waals surface area contributed by atoms with Gasteiger partial charge in [-0.15, -0.1) is 0 Å². The van der Waals surface area contributed by atoms with E-state index in [0.717, 1.165) is 106 Å². The van der Waals surface area contributed by atoms with Crippen LogP contribution < -0.4 is 0 Å². The number of rotatable bonds is 9. The number of nitrogens with zero attached hydrogens (tertiary/aromatic N) is 4. The molecule has 2 fully saturated rings. The minimum Gasteiger partial charge on any atom is -0.507 e. The Kier molecular flexibility index (Phi) is 14.7. The molecule has 2 aliphatic rings. The molecule has 2 aliphatic carbocycles. The van der Waals surface area contributed by atoms with Crippen molar-refractivity contribution in [1.82, 2.24) is 0 Å². The van der Waals surface area contributed by atoms with Gasteiger partial charge in [0.25, 0.3) is 0 Å². The number of aliphatic imine (C=N–C) groups is 4. The molecular formula is C64H78N4O4. The Hall–Kier alpha value is -6.28. The number of benzene rings is 6. The molecule has 0 heterocycles. The van der Waals surface area contributed by atoms with E-state index in [2.05, 4.69) is 107 Å². The van der Waals surface area contributed by atoms with Crippen LogP contribution in [0.15, 0.2) is 105 Å². The van der Waals surface area contributed by atoms with Crippen LogP contribution in [0.25, 0.3) is 32.7 Å². The lowest BCUT2D eigenvalue weighted by molar-refractivity contribution is 0.390. The first-order valence-corrected chi connectivity index (χ1v) is 26.3. The normalized spacial score (nSPS) is 19.8. The van der Waals surface area contributed by atoms with Gasteiger partial charge in [-0.2, -0.15) is 0 Å². The minimum absolute atomic E-state index is 0.0385. The molecule has 378 valence electrons. The Labute approximate surface area is 428 Å². The zero-order chi connectivity index (χ0) is 51.9. The van der Waals surface area contributed by atoms with Gasteiger partial charge in [-0.3, -0.25) is 20.0 Å². The molecule has 72 heavy (non-hydrogen) atoms. The molecule has 8 heteroatoms. The first-order valence-electron chi connectivity index (χ1n) is 26.3. The second kappa shape index (κ2) is 20.3. The lowest BCUT2D eigenvalue weighted by Gasteiger charge is -2.28. The highest BCUT2D eigenvalue weighted by Crippen LogP contribution is 2.48. The quantitative estimate of drug-likeness (QED) is 0.108. The van der Waals surface area contributed by atoms with Crippen LogP contribution in [0.1, 0.15) is 179 Å². The summed E-state index contributed by atoms with van der Waals surface area (Å²) in [6.45, 7) is 25.9. The summed E-state index contributed by atoms with van der Waals surface area (Å²) in [4.78, 5) is 20.6. The summed E-state index contributed by atoms with van der Waals surface area (Å²) in [6.07, 6.45) is 14.8. The van der Waals surface area contributed by atoms with E-state index in [1.807, 2.05) is 73.1 Å². The Morgan fingerprint density at radius 3 is 0.958 bits per heavy atom. The van der Waals surface area contributed by atoms with Gasteiger partial charge in [0.2, 0.25) is 0 Å². The van der Waals surface area contributed by atoms with E-state index in [1.165, 1.54) is 0 Å². The smallest absolute Gasteiger partial charge is 0.132 e. The number of hydrogen-bond donors (Lipinski definition) is 4. The van der Waals surface area contributed by atoms with E-state index in [-0.39, 0.29) is 68.8 Å². The van der Waals surface area contributed by atoms with Crippen LogP contribution >= 0.6 is 0 Å². The Morgan fingerprint density at radius 2 is 0.667 bits per heavy atom. The lowest BCUT2D eigenvalue weighted by atomic mass is 9.79. The molecule has 0 amide bonds. The highest BCUT2D eigenvalue weighted by Gasteiger charge is 2.30. The summed E-state index contributed by atoms with van der Waals surface area (Å²) >= 11 is 0. The van der Waals surface area contributed by atoms with Crippen molar-refractivity contribution >= 4 is 46.4 Å². The lowest BCUT2D eigenvalue weighted by Crippen LogP contribution is -2.27. The van der Waals surface area contributed by atoms with Crippen molar-refractivity contribution in [3.63, 3.8) is 0 Å². The van der Waals surface area contributed by atoms with Gasteiger partial charge in [0, 0.05) is 69.4 Å². The van der Waals surface area contributed by atoms with Crippen LogP contribution in [0.3, 0.4) is 0 Å². The molecule has 0 bridgehead atoms. The SMILES string of the molecule is CC(C)(C)c1cc(C=N[C@@H]2CCCC[C@H]2N=Cc2cc3ccccc3c(-c3c(O)c(C=N[C@@H]4CCCC[C@H]4N=Cc4cc(C(C)(C)C)cc(C(C)(C)C)c4O)cc4ccccc34)c2O)c(O)c(C(C)(C)C)c1. The average molecular weight is 967 g/mol. The van der Waals surface area contributed by atoms with Crippen molar-refractivity contribution in [3.8, 4) is 34.1 Å².